The molecule has 0 saturated carbocycles. The number of hydrogen-bond donors (Lipinski definition) is 1. The van der Waals surface area contributed by atoms with Gasteiger partial charge in [0.1, 0.15) is 5.82 Å². The molecule has 2 aromatic rings. The molecule has 0 fully saturated rings. The van der Waals surface area contributed by atoms with Gasteiger partial charge >= 0.3 is 0 Å². The Morgan fingerprint density at radius 1 is 1.00 bits per heavy atom. The zero-order valence-electron chi connectivity index (χ0n) is 11.6. The van der Waals surface area contributed by atoms with Crippen LogP contribution in [0.2, 0.25) is 10.0 Å². The van der Waals surface area contributed by atoms with Crippen molar-refractivity contribution in [1.29, 1.82) is 0 Å². The van der Waals surface area contributed by atoms with Gasteiger partial charge in [0.25, 0.3) is 0 Å². The summed E-state index contributed by atoms with van der Waals surface area (Å²) in [6.07, 6.45) is 0. The van der Waals surface area contributed by atoms with E-state index >= 15 is 0 Å². The predicted octanol–water partition coefficient (Wildman–Crippen LogP) is 5.06. The number of hydrogen-bond acceptors (Lipinski definition) is 1. The van der Waals surface area contributed by atoms with Crippen LogP contribution in [0.1, 0.15) is 28.3 Å². The highest BCUT2D eigenvalue weighted by atomic mass is 35.5. The Balaban J connectivity index is 2.55. The second-order valence-electron chi connectivity index (χ2n) is 4.87. The maximum Gasteiger partial charge on any atom is 0.127 e. The second-order valence-corrected chi connectivity index (χ2v) is 5.68. The number of rotatable bonds is 3. The molecule has 0 aromatic heterocycles. The number of nitrogens with one attached hydrogen (secondary N) is 1. The first-order valence-electron chi connectivity index (χ1n) is 6.33. The summed E-state index contributed by atoms with van der Waals surface area (Å²) in [7, 11) is 1.83. The normalized spacial score (nSPS) is 12.5. The molecule has 20 heavy (non-hydrogen) atoms. The Hall–Kier alpha value is -1.09. The second kappa shape index (κ2) is 6.13. The van der Waals surface area contributed by atoms with Crippen molar-refractivity contribution in [3.8, 4) is 0 Å². The first-order valence-corrected chi connectivity index (χ1v) is 7.08. The molecule has 1 nitrogen and oxygen atoms in total. The standard InChI is InChI=1S/C16H16Cl2FN/c1-9-4-5-11(13(17)6-9)16(20-3)12-7-10(2)15(19)8-14(12)18/h4-8,16,20H,1-3H3. The van der Waals surface area contributed by atoms with E-state index in [-0.39, 0.29) is 11.9 Å². The van der Waals surface area contributed by atoms with Gasteiger partial charge in [-0.2, -0.15) is 0 Å². The maximum absolute atomic E-state index is 13.5. The highest BCUT2D eigenvalue weighted by Crippen LogP contribution is 2.33. The first kappa shape index (κ1) is 15.3. The van der Waals surface area contributed by atoms with E-state index in [0.717, 1.165) is 16.7 Å². The number of benzene rings is 2. The van der Waals surface area contributed by atoms with E-state index < -0.39 is 0 Å². The summed E-state index contributed by atoms with van der Waals surface area (Å²) in [6, 6.07) is 8.80. The fourth-order valence-corrected chi connectivity index (χ4v) is 2.85. The fourth-order valence-electron chi connectivity index (χ4n) is 2.25. The van der Waals surface area contributed by atoms with E-state index in [1.807, 2.05) is 32.2 Å². The SMILES string of the molecule is CNC(c1ccc(C)cc1Cl)c1cc(C)c(F)cc1Cl. The lowest BCUT2D eigenvalue weighted by molar-refractivity contribution is 0.614. The summed E-state index contributed by atoms with van der Waals surface area (Å²) in [4.78, 5) is 0. The zero-order valence-corrected chi connectivity index (χ0v) is 13.1. The van der Waals surface area contributed by atoms with Crippen LogP contribution in [0.25, 0.3) is 0 Å². The van der Waals surface area contributed by atoms with Crippen LogP contribution in [0.5, 0.6) is 0 Å². The van der Waals surface area contributed by atoms with Crippen LogP contribution >= 0.6 is 23.2 Å². The summed E-state index contributed by atoms with van der Waals surface area (Å²) in [5, 5.41) is 4.25. The lowest BCUT2D eigenvalue weighted by Crippen LogP contribution is -2.19. The van der Waals surface area contributed by atoms with Gasteiger partial charge in [0.05, 0.1) is 6.04 Å². The Bertz CT molecular complexity index is 641. The number of aryl methyl sites for hydroxylation is 2. The largest absolute Gasteiger partial charge is 0.309 e. The van der Waals surface area contributed by atoms with Crippen LogP contribution in [0.15, 0.2) is 30.3 Å². The van der Waals surface area contributed by atoms with Crippen LogP contribution < -0.4 is 5.32 Å². The van der Waals surface area contributed by atoms with E-state index in [4.69, 9.17) is 23.2 Å². The summed E-state index contributed by atoms with van der Waals surface area (Å²) in [5.41, 5.74) is 3.40. The molecule has 0 spiro atoms. The predicted molar refractivity (Wildman–Crippen MR) is 83.2 cm³/mol. The van der Waals surface area contributed by atoms with Crippen LogP contribution in [-0.4, -0.2) is 7.05 Å². The van der Waals surface area contributed by atoms with Crippen LogP contribution in [-0.2, 0) is 0 Å². The molecule has 0 bridgehead atoms. The van der Waals surface area contributed by atoms with E-state index in [0.29, 0.717) is 15.6 Å². The lowest BCUT2D eigenvalue weighted by Gasteiger charge is -2.21. The Kier molecular flexibility index (Phi) is 4.69. The van der Waals surface area contributed by atoms with E-state index in [2.05, 4.69) is 5.32 Å². The molecule has 0 heterocycles. The van der Waals surface area contributed by atoms with Gasteiger partial charge in [-0.25, -0.2) is 4.39 Å². The third-order valence-electron chi connectivity index (χ3n) is 3.34. The van der Waals surface area contributed by atoms with Crippen LogP contribution in [0.3, 0.4) is 0 Å². The molecule has 1 unspecified atom stereocenters. The van der Waals surface area contributed by atoms with Gasteiger partial charge in [-0.1, -0.05) is 35.3 Å². The first-order chi connectivity index (χ1) is 9.43. The number of halogens is 3. The van der Waals surface area contributed by atoms with E-state index in [9.17, 15) is 4.39 Å². The van der Waals surface area contributed by atoms with Crippen molar-refractivity contribution < 1.29 is 4.39 Å². The minimum Gasteiger partial charge on any atom is -0.309 e. The average molecular weight is 312 g/mol. The fraction of sp³-hybridized carbons (Fsp3) is 0.250. The van der Waals surface area contributed by atoms with Gasteiger partial charge in [-0.3, -0.25) is 0 Å². The molecule has 0 aliphatic heterocycles. The average Bonchev–Trinajstić information content (AvgIpc) is 2.38. The molecule has 4 heteroatoms. The van der Waals surface area contributed by atoms with Crippen molar-refractivity contribution in [2.75, 3.05) is 7.05 Å². The minimum absolute atomic E-state index is 0.171. The molecule has 0 saturated heterocycles. The van der Waals surface area contributed by atoms with Gasteiger partial charge in [0.2, 0.25) is 0 Å². The van der Waals surface area contributed by atoms with Gasteiger partial charge in [0.15, 0.2) is 0 Å². The van der Waals surface area contributed by atoms with Crippen molar-refractivity contribution in [3.63, 3.8) is 0 Å². The van der Waals surface area contributed by atoms with Crippen molar-refractivity contribution in [2.24, 2.45) is 0 Å². The monoisotopic (exact) mass is 311 g/mol. The van der Waals surface area contributed by atoms with Gasteiger partial charge in [-0.15, -0.1) is 0 Å². The highest BCUT2D eigenvalue weighted by molar-refractivity contribution is 6.32. The van der Waals surface area contributed by atoms with Gasteiger partial charge in [-0.05, 0) is 61.3 Å². The van der Waals surface area contributed by atoms with Crippen molar-refractivity contribution in [3.05, 3.63) is 68.4 Å². The summed E-state index contributed by atoms with van der Waals surface area (Å²) >= 11 is 12.5. The van der Waals surface area contributed by atoms with Crippen molar-refractivity contribution >= 4 is 23.2 Å². The summed E-state index contributed by atoms with van der Waals surface area (Å²) < 4.78 is 13.5. The smallest absolute Gasteiger partial charge is 0.127 e. The minimum atomic E-state index is -0.302. The molecule has 0 aliphatic carbocycles. The molecule has 1 atom stereocenters. The summed E-state index contributed by atoms with van der Waals surface area (Å²) in [5.74, 6) is -0.302. The molecule has 0 amide bonds. The molecule has 0 radical (unpaired) electrons. The van der Waals surface area contributed by atoms with Crippen molar-refractivity contribution in [1.82, 2.24) is 5.32 Å². The molecule has 1 N–H and O–H groups in total. The van der Waals surface area contributed by atoms with Crippen LogP contribution in [0, 0.1) is 19.7 Å². The Morgan fingerprint density at radius 2 is 1.65 bits per heavy atom. The third-order valence-corrected chi connectivity index (χ3v) is 4.00. The zero-order chi connectivity index (χ0) is 14.9. The summed E-state index contributed by atoms with van der Waals surface area (Å²) in [6.45, 7) is 3.71. The molecular formula is C16H16Cl2FN. The molecule has 0 aliphatic rings. The Labute approximate surface area is 128 Å². The van der Waals surface area contributed by atoms with Crippen LogP contribution in [0.4, 0.5) is 4.39 Å². The highest BCUT2D eigenvalue weighted by Gasteiger charge is 2.19. The van der Waals surface area contributed by atoms with Gasteiger partial charge in [0, 0.05) is 10.0 Å². The Morgan fingerprint density at radius 3 is 2.25 bits per heavy atom. The van der Waals surface area contributed by atoms with Crippen molar-refractivity contribution in [2.45, 2.75) is 19.9 Å². The van der Waals surface area contributed by atoms with E-state index in [1.54, 1.807) is 13.0 Å². The topological polar surface area (TPSA) is 12.0 Å². The van der Waals surface area contributed by atoms with E-state index in [1.165, 1.54) is 6.07 Å². The quantitative estimate of drug-likeness (QED) is 0.835. The molecule has 2 rings (SSSR count). The lowest BCUT2D eigenvalue weighted by atomic mass is 9.96. The molecule has 2 aromatic carbocycles. The third kappa shape index (κ3) is 2.98. The molecular weight excluding hydrogens is 296 g/mol. The van der Waals surface area contributed by atoms with Gasteiger partial charge < -0.3 is 5.32 Å². The molecule has 106 valence electrons. The maximum atomic E-state index is 13.5.